The zero-order chi connectivity index (χ0) is 18.9. The summed E-state index contributed by atoms with van der Waals surface area (Å²) in [5.74, 6) is 0.794. The van der Waals surface area contributed by atoms with Crippen molar-refractivity contribution in [3.63, 3.8) is 0 Å². The third-order valence-corrected chi connectivity index (χ3v) is 8.08. The van der Waals surface area contributed by atoms with Crippen LogP contribution in [0.5, 0.6) is 17.2 Å². The van der Waals surface area contributed by atoms with Gasteiger partial charge in [-0.3, -0.25) is 4.79 Å². The maximum Gasteiger partial charge on any atom is 0.171 e. The van der Waals surface area contributed by atoms with E-state index in [1.165, 1.54) is 19.3 Å². The van der Waals surface area contributed by atoms with Crippen LogP contribution in [-0.4, -0.2) is 22.1 Å². The number of aromatic hydroxyl groups is 2. The van der Waals surface area contributed by atoms with Gasteiger partial charge in [0.1, 0.15) is 16.9 Å². The lowest BCUT2D eigenvalue weighted by molar-refractivity contribution is -0.184. The summed E-state index contributed by atoms with van der Waals surface area (Å²) in [4.78, 5) is 11.6. The molecule has 4 rings (SSSR count). The van der Waals surface area contributed by atoms with E-state index in [2.05, 4.69) is 27.7 Å². The Morgan fingerprint density at radius 2 is 1.92 bits per heavy atom. The molecule has 2 fully saturated rings. The fourth-order valence-corrected chi connectivity index (χ4v) is 6.72. The first kappa shape index (κ1) is 17.7. The summed E-state index contributed by atoms with van der Waals surface area (Å²) in [5.41, 5.74) is 0.838. The third kappa shape index (κ3) is 2.04. The number of carbonyl (C=O) groups excluding carboxylic acids is 1. The molecule has 0 aromatic heterocycles. The second-order valence-corrected chi connectivity index (χ2v) is 9.72. The summed E-state index contributed by atoms with van der Waals surface area (Å²) in [7, 11) is 0. The van der Waals surface area contributed by atoms with Gasteiger partial charge in [-0.2, -0.15) is 0 Å². The van der Waals surface area contributed by atoms with Crippen molar-refractivity contribution in [3.8, 4) is 17.2 Å². The molecule has 1 aliphatic heterocycles. The van der Waals surface area contributed by atoms with Gasteiger partial charge in [-0.25, -0.2) is 0 Å². The van der Waals surface area contributed by atoms with Crippen LogP contribution in [0.1, 0.15) is 75.7 Å². The molecule has 1 heterocycles. The normalized spacial score (nSPS) is 37.7. The van der Waals surface area contributed by atoms with Crippen molar-refractivity contribution < 1.29 is 19.7 Å². The van der Waals surface area contributed by atoms with Crippen LogP contribution in [0, 0.1) is 22.7 Å². The van der Waals surface area contributed by atoms with Crippen molar-refractivity contribution in [2.45, 2.75) is 71.8 Å². The molecule has 3 aliphatic rings. The summed E-state index contributed by atoms with van der Waals surface area (Å²) >= 11 is 0. The van der Waals surface area contributed by atoms with E-state index in [9.17, 15) is 15.0 Å². The lowest BCUT2D eigenvalue weighted by Gasteiger charge is -2.63. The molecule has 0 saturated heterocycles. The third-order valence-electron chi connectivity index (χ3n) is 8.08. The average Bonchev–Trinajstić information content (AvgIpc) is 2.94. The van der Waals surface area contributed by atoms with Gasteiger partial charge in [-0.15, -0.1) is 0 Å². The molecule has 2 aliphatic carbocycles. The highest BCUT2D eigenvalue weighted by Gasteiger charge is 2.65. The number of hydrogen-bond acceptors (Lipinski definition) is 4. The van der Waals surface area contributed by atoms with E-state index in [0.29, 0.717) is 30.3 Å². The van der Waals surface area contributed by atoms with Crippen LogP contribution in [0.3, 0.4) is 0 Å². The van der Waals surface area contributed by atoms with E-state index >= 15 is 0 Å². The van der Waals surface area contributed by atoms with Gasteiger partial charge in [0.15, 0.2) is 17.8 Å². The van der Waals surface area contributed by atoms with Crippen LogP contribution in [0.2, 0.25) is 0 Å². The molecule has 0 amide bonds. The average molecular weight is 358 g/mol. The van der Waals surface area contributed by atoms with Gasteiger partial charge in [0, 0.05) is 17.4 Å². The molecule has 142 valence electrons. The molecule has 0 unspecified atom stereocenters. The van der Waals surface area contributed by atoms with Crippen molar-refractivity contribution in [3.05, 3.63) is 17.2 Å². The second kappa shape index (κ2) is 5.40. The van der Waals surface area contributed by atoms with E-state index in [1.807, 2.05) is 0 Å². The number of aldehydes is 1. The van der Waals surface area contributed by atoms with Crippen molar-refractivity contribution in [2.75, 3.05) is 0 Å². The first-order valence-corrected chi connectivity index (χ1v) is 9.88. The molecular weight excluding hydrogens is 328 g/mol. The number of hydrogen-bond donors (Lipinski definition) is 2. The summed E-state index contributed by atoms with van der Waals surface area (Å²) < 4.78 is 6.67. The number of carbonyl (C=O) groups is 1. The molecule has 0 radical (unpaired) electrons. The molecule has 1 aromatic rings. The molecule has 1 spiro atoms. The Balaban J connectivity index is 1.86. The largest absolute Gasteiger partial charge is 0.504 e. The van der Waals surface area contributed by atoms with Crippen molar-refractivity contribution in [2.24, 2.45) is 22.7 Å². The van der Waals surface area contributed by atoms with E-state index in [1.54, 1.807) is 6.07 Å². The number of rotatable bonds is 1. The summed E-state index contributed by atoms with van der Waals surface area (Å²) in [6.07, 6.45) is 7.16. The molecule has 2 saturated carbocycles. The molecule has 4 atom stereocenters. The Hall–Kier alpha value is -1.71. The quantitative estimate of drug-likeness (QED) is 0.556. The molecule has 0 bridgehead atoms. The predicted molar refractivity (Wildman–Crippen MR) is 99.8 cm³/mol. The summed E-state index contributed by atoms with van der Waals surface area (Å²) in [6.45, 7) is 9.40. The van der Waals surface area contributed by atoms with E-state index < -0.39 is 0 Å². The minimum atomic E-state index is -0.381. The first-order valence-electron chi connectivity index (χ1n) is 9.88. The van der Waals surface area contributed by atoms with Gasteiger partial charge in [0.2, 0.25) is 0 Å². The highest BCUT2D eigenvalue weighted by atomic mass is 16.5. The monoisotopic (exact) mass is 358 g/mol. The maximum atomic E-state index is 11.6. The zero-order valence-corrected chi connectivity index (χ0v) is 16.3. The van der Waals surface area contributed by atoms with Gasteiger partial charge in [-0.1, -0.05) is 34.1 Å². The SMILES string of the molecule is C[C@@H]1CC[C@H]2C(C)(C)CCC[C@]2(C)[C@@]12Cc1cc(O)c(O)c(C=O)c1O2. The summed E-state index contributed by atoms with van der Waals surface area (Å²) in [6, 6.07) is 1.58. The summed E-state index contributed by atoms with van der Waals surface area (Å²) in [5, 5.41) is 20.2. The molecule has 4 nitrogen and oxygen atoms in total. The van der Waals surface area contributed by atoms with Crippen molar-refractivity contribution >= 4 is 6.29 Å². The van der Waals surface area contributed by atoms with Crippen LogP contribution < -0.4 is 4.74 Å². The molecular formula is C22H30O4. The topological polar surface area (TPSA) is 66.8 Å². The van der Waals surface area contributed by atoms with Crippen LogP contribution in [0.15, 0.2) is 6.07 Å². The molecule has 4 heteroatoms. The van der Waals surface area contributed by atoms with Crippen LogP contribution >= 0.6 is 0 Å². The van der Waals surface area contributed by atoms with Crippen LogP contribution in [0.25, 0.3) is 0 Å². The number of phenolic OH excluding ortho intramolecular Hbond substituents is 2. The number of phenols is 2. The minimum absolute atomic E-state index is 0.0107. The molecule has 26 heavy (non-hydrogen) atoms. The number of benzene rings is 1. The highest BCUT2D eigenvalue weighted by molar-refractivity contribution is 5.86. The van der Waals surface area contributed by atoms with Crippen LogP contribution in [-0.2, 0) is 6.42 Å². The van der Waals surface area contributed by atoms with Crippen molar-refractivity contribution in [1.82, 2.24) is 0 Å². The smallest absolute Gasteiger partial charge is 0.171 e. The standard InChI is InChI=1S/C22H30O4/c1-13-6-7-17-20(2,3)8-5-9-21(17,4)22(13)11-14-10-16(24)18(25)15(12-23)19(14)26-22/h10,12-13,17,24-25H,5-9,11H2,1-4H3/t13-,17+,21+,22-/m1/s1. The number of ether oxygens (including phenoxy) is 1. The Morgan fingerprint density at radius 1 is 1.19 bits per heavy atom. The molecule has 1 aromatic carbocycles. The fourth-order valence-electron chi connectivity index (χ4n) is 6.72. The van der Waals surface area contributed by atoms with Gasteiger partial charge >= 0.3 is 0 Å². The Labute approximate surface area is 155 Å². The van der Waals surface area contributed by atoms with Crippen LogP contribution in [0.4, 0.5) is 0 Å². The van der Waals surface area contributed by atoms with Crippen molar-refractivity contribution in [1.29, 1.82) is 0 Å². The lowest BCUT2D eigenvalue weighted by Crippen LogP contribution is -2.64. The van der Waals surface area contributed by atoms with Gasteiger partial charge in [-0.05, 0) is 49.0 Å². The fraction of sp³-hybridized carbons (Fsp3) is 0.682. The Bertz CT molecular complexity index is 768. The lowest BCUT2D eigenvalue weighted by atomic mass is 9.44. The van der Waals surface area contributed by atoms with E-state index in [0.717, 1.165) is 18.4 Å². The minimum Gasteiger partial charge on any atom is -0.504 e. The molecule has 2 N–H and O–H groups in total. The Morgan fingerprint density at radius 3 is 2.62 bits per heavy atom. The second-order valence-electron chi connectivity index (χ2n) is 9.72. The highest BCUT2D eigenvalue weighted by Crippen LogP contribution is 2.66. The van der Waals surface area contributed by atoms with Gasteiger partial charge in [0.05, 0.1) is 0 Å². The Kier molecular flexibility index (Phi) is 3.67. The maximum absolute atomic E-state index is 11.6. The van der Waals surface area contributed by atoms with E-state index in [4.69, 9.17) is 4.74 Å². The number of fused-ring (bicyclic) bond motifs is 3. The first-order chi connectivity index (χ1) is 12.2. The zero-order valence-electron chi connectivity index (χ0n) is 16.3. The van der Waals surface area contributed by atoms with E-state index in [-0.39, 0.29) is 33.5 Å². The van der Waals surface area contributed by atoms with Gasteiger partial charge < -0.3 is 14.9 Å². The predicted octanol–water partition coefficient (Wildman–Crippen LogP) is 4.85. The van der Waals surface area contributed by atoms with Gasteiger partial charge in [0.25, 0.3) is 0 Å².